The first-order valence-corrected chi connectivity index (χ1v) is 10.0. The van der Waals surface area contributed by atoms with Gasteiger partial charge >= 0.3 is 0 Å². The third kappa shape index (κ3) is 5.77. The Kier molecular flexibility index (Phi) is 7.37. The van der Waals surface area contributed by atoms with Crippen molar-refractivity contribution in [2.75, 3.05) is 18.4 Å². The van der Waals surface area contributed by atoms with Crippen molar-refractivity contribution in [3.63, 3.8) is 0 Å². The van der Waals surface area contributed by atoms with E-state index >= 15 is 0 Å². The summed E-state index contributed by atoms with van der Waals surface area (Å²) in [6.07, 6.45) is 1.53. The summed E-state index contributed by atoms with van der Waals surface area (Å²) in [5.41, 5.74) is 6.67. The fourth-order valence-corrected chi connectivity index (χ4v) is 3.51. The van der Waals surface area contributed by atoms with Crippen LogP contribution in [0.15, 0.2) is 48.5 Å². The Balaban J connectivity index is 1.70. The molecule has 0 radical (unpaired) electrons. The number of rotatable bonds is 8. The number of aromatic hydroxyl groups is 1. The van der Waals surface area contributed by atoms with Gasteiger partial charge in [-0.2, -0.15) is 0 Å². The van der Waals surface area contributed by atoms with Gasteiger partial charge in [0.15, 0.2) is 0 Å². The van der Waals surface area contributed by atoms with Crippen molar-refractivity contribution < 1.29 is 19.1 Å². The van der Waals surface area contributed by atoms with Crippen LogP contribution < -0.4 is 21.7 Å². The molecule has 3 rings (SSSR count). The highest BCUT2D eigenvalue weighted by molar-refractivity contribution is 5.98. The topological polar surface area (TPSA) is 116 Å². The highest BCUT2D eigenvalue weighted by atomic mass is 19.1. The summed E-state index contributed by atoms with van der Waals surface area (Å²) in [7, 11) is 0. The van der Waals surface area contributed by atoms with Crippen LogP contribution in [0.4, 0.5) is 10.1 Å². The van der Waals surface area contributed by atoms with Crippen LogP contribution in [0.1, 0.15) is 18.4 Å². The quantitative estimate of drug-likeness (QED) is 0.420. The molecule has 3 atom stereocenters. The standard InChI is InChI=1S/C22H27FN4O3/c23-16-7-9-20(28)18(11-16)27-21(29)17(8-6-14-4-2-1-3-5-14)26-22(30)19-10-15(12-24)13-25-19/h1-5,7,9,11,15,17,19,25,28H,6,8,10,12-13,24H2,(H,26,30)(H,27,29)/t15-,17-,19-/m1/s1. The van der Waals surface area contributed by atoms with Crippen LogP contribution in [-0.4, -0.2) is 42.1 Å². The number of halogens is 1. The van der Waals surface area contributed by atoms with Crippen molar-refractivity contribution in [1.29, 1.82) is 0 Å². The minimum Gasteiger partial charge on any atom is -0.506 e. The highest BCUT2D eigenvalue weighted by Crippen LogP contribution is 2.24. The zero-order chi connectivity index (χ0) is 21.5. The summed E-state index contributed by atoms with van der Waals surface area (Å²) in [4.78, 5) is 25.6. The molecule has 1 aliphatic heterocycles. The summed E-state index contributed by atoms with van der Waals surface area (Å²) in [6.45, 7) is 1.15. The van der Waals surface area contributed by atoms with Gasteiger partial charge in [-0.3, -0.25) is 9.59 Å². The predicted octanol–water partition coefficient (Wildman–Crippen LogP) is 1.52. The second kappa shape index (κ2) is 10.2. The molecule has 1 fully saturated rings. The summed E-state index contributed by atoms with van der Waals surface area (Å²) >= 11 is 0. The Morgan fingerprint density at radius 1 is 1.23 bits per heavy atom. The fraction of sp³-hybridized carbons (Fsp3) is 0.364. The SMILES string of the molecule is NC[C@@H]1CN[C@@H](C(=O)N[C@H](CCc2ccccc2)C(=O)Nc2cc(F)ccc2O)C1. The lowest BCUT2D eigenvalue weighted by atomic mass is 10.0. The molecule has 1 aliphatic rings. The summed E-state index contributed by atoms with van der Waals surface area (Å²) in [6, 6.07) is 11.6. The second-order valence-electron chi connectivity index (χ2n) is 7.53. The van der Waals surface area contributed by atoms with Crippen LogP contribution in [0.2, 0.25) is 0 Å². The van der Waals surface area contributed by atoms with E-state index in [4.69, 9.17) is 5.73 Å². The van der Waals surface area contributed by atoms with Crippen LogP contribution in [0.3, 0.4) is 0 Å². The van der Waals surface area contributed by atoms with E-state index in [1.165, 1.54) is 0 Å². The van der Waals surface area contributed by atoms with Crippen LogP contribution >= 0.6 is 0 Å². The monoisotopic (exact) mass is 414 g/mol. The van der Waals surface area contributed by atoms with Crippen molar-refractivity contribution >= 4 is 17.5 Å². The van der Waals surface area contributed by atoms with E-state index < -0.39 is 23.8 Å². The first kappa shape index (κ1) is 21.7. The zero-order valence-corrected chi connectivity index (χ0v) is 16.6. The number of anilines is 1. The van der Waals surface area contributed by atoms with Gasteiger partial charge in [-0.1, -0.05) is 30.3 Å². The average molecular weight is 414 g/mol. The Hall–Kier alpha value is -2.97. The van der Waals surface area contributed by atoms with E-state index in [1.54, 1.807) is 0 Å². The smallest absolute Gasteiger partial charge is 0.247 e. The molecule has 8 heteroatoms. The Bertz CT molecular complexity index is 878. The maximum atomic E-state index is 13.5. The highest BCUT2D eigenvalue weighted by Gasteiger charge is 2.31. The molecule has 0 saturated carbocycles. The minimum atomic E-state index is -0.848. The van der Waals surface area contributed by atoms with E-state index in [0.717, 1.165) is 23.8 Å². The van der Waals surface area contributed by atoms with Gasteiger partial charge in [0.1, 0.15) is 17.6 Å². The van der Waals surface area contributed by atoms with Gasteiger partial charge < -0.3 is 26.8 Å². The molecule has 1 saturated heterocycles. The number of phenolic OH excluding ortho intramolecular Hbond substituents is 1. The van der Waals surface area contributed by atoms with Gasteiger partial charge in [0.25, 0.3) is 0 Å². The van der Waals surface area contributed by atoms with Crippen molar-refractivity contribution in [2.24, 2.45) is 11.7 Å². The van der Waals surface area contributed by atoms with E-state index in [0.29, 0.717) is 32.4 Å². The van der Waals surface area contributed by atoms with E-state index in [1.807, 2.05) is 30.3 Å². The zero-order valence-electron chi connectivity index (χ0n) is 16.6. The number of hydrogen-bond donors (Lipinski definition) is 5. The third-order valence-electron chi connectivity index (χ3n) is 5.29. The van der Waals surface area contributed by atoms with Gasteiger partial charge in [0.05, 0.1) is 11.7 Å². The van der Waals surface area contributed by atoms with Crippen molar-refractivity contribution in [2.45, 2.75) is 31.3 Å². The van der Waals surface area contributed by atoms with Crippen molar-refractivity contribution in [3.8, 4) is 5.75 Å². The van der Waals surface area contributed by atoms with Gasteiger partial charge in [0, 0.05) is 6.07 Å². The Labute approximate surface area is 174 Å². The molecule has 6 N–H and O–H groups in total. The van der Waals surface area contributed by atoms with Gasteiger partial charge in [-0.15, -0.1) is 0 Å². The van der Waals surface area contributed by atoms with Crippen LogP contribution in [0.5, 0.6) is 5.75 Å². The maximum absolute atomic E-state index is 13.5. The lowest BCUT2D eigenvalue weighted by Gasteiger charge is -2.21. The van der Waals surface area contributed by atoms with Crippen LogP contribution in [0, 0.1) is 11.7 Å². The Morgan fingerprint density at radius 3 is 2.70 bits per heavy atom. The third-order valence-corrected chi connectivity index (χ3v) is 5.29. The molecular formula is C22H27FN4O3. The minimum absolute atomic E-state index is 0.0406. The van der Waals surface area contributed by atoms with Gasteiger partial charge in [0.2, 0.25) is 11.8 Å². The largest absolute Gasteiger partial charge is 0.506 e. The number of phenols is 1. The molecule has 2 aromatic carbocycles. The molecule has 2 aromatic rings. The summed E-state index contributed by atoms with van der Waals surface area (Å²) in [5.74, 6) is -1.41. The van der Waals surface area contributed by atoms with Gasteiger partial charge in [-0.25, -0.2) is 4.39 Å². The molecule has 0 aliphatic carbocycles. The maximum Gasteiger partial charge on any atom is 0.247 e. The number of carbonyl (C=O) groups excluding carboxylic acids is 2. The molecule has 160 valence electrons. The number of nitrogens with two attached hydrogens (primary N) is 1. The fourth-order valence-electron chi connectivity index (χ4n) is 3.51. The first-order chi connectivity index (χ1) is 14.5. The number of nitrogens with one attached hydrogen (secondary N) is 3. The predicted molar refractivity (Wildman–Crippen MR) is 112 cm³/mol. The Morgan fingerprint density at radius 2 is 2.00 bits per heavy atom. The van der Waals surface area contributed by atoms with Gasteiger partial charge in [-0.05, 0) is 56.0 Å². The molecular weight excluding hydrogens is 387 g/mol. The van der Waals surface area contributed by atoms with Crippen LogP contribution in [0.25, 0.3) is 0 Å². The molecule has 2 amide bonds. The normalized spacial score (nSPS) is 19.3. The average Bonchev–Trinajstić information content (AvgIpc) is 3.24. The lowest BCUT2D eigenvalue weighted by molar-refractivity contribution is -0.127. The number of amides is 2. The number of carbonyl (C=O) groups is 2. The van der Waals surface area contributed by atoms with E-state index in [9.17, 15) is 19.1 Å². The van der Waals surface area contributed by atoms with Crippen molar-refractivity contribution in [3.05, 3.63) is 59.9 Å². The lowest BCUT2D eigenvalue weighted by Crippen LogP contribution is -2.50. The molecule has 0 bridgehead atoms. The molecule has 0 unspecified atom stereocenters. The molecule has 30 heavy (non-hydrogen) atoms. The number of benzene rings is 2. The van der Waals surface area contributed by atoms with Crippen molar-refractivity contribution in [1.82, 2.24) is 10.6 Å². The molecule has 7 nitrogen and oxygen atoms in total. The second-order valence-corrected chi connectivity index (χ2v) is 7.53. The summed E-state index contributed by atoms with van der Waals surface area (Å²) in [5, 5.41) is 18.3. The molecule has 0 aromatic heterocycles. The van der Waals surface area contributed by atoms with E-state index in [-0.39, 0.29) is 23.3 Å². The summed E-state index contributed by atoms with van der Waals surface area (Å²) < 4.78 is 13.5. The molecule has 1 heterocycles. The number of aryl methyl sites for hydroxylation is 1. The van der Waals surface area contributed by atoms with E-state index in [2.05, 4.69) is 16.0 Å². The van der Waals surface area contributed by atoms with Crippen LogP contribution in [-0.2, 0) is 16.0 Å². The molecule has 0 spiro atoms. The number of hydrogen-bond acceptors (Lipinski definition) is 5. The first-order valence-electron chi connectivity index (χ1n) is 10.0.